The van der Waals surface area contributed by atoms with Gasteiger partial charge in [-0.2, -0.15) is 0 Å². The minimum Gasteiger partial charge on any atom is -0.389 e. The van der Waals surface area contributed by atoms with Gasteiger partial charge in [-0.25, -0.2) is 0 Å². The van der Waals surface area contributed by atoms with Crippen LogP contribution >= 0.6 is 0 Å². The monoisotopic (exact) mass is 192 g/mol. The summed E-state index contributed by atoms with van der Waals surface area (Å²) in [4.78, 5) is 0. The minimum atomic E-state index is -0.454. The lowest BCUT2D eigenvalue weighted by molar-refractivity contribution is -0.160. The molecule has 1 N–H and O–H groups in total. The molecule has 78 valence electrons. The Morgan fingerprint density at radius 1 is 1.36 bits per heavy atom. The maximum Gasteiger partial charge on any atom is 0.0715 e. The molecule has 0 spiro atoms. The highest BCUT2D eigenvalue weighted by molar-refractivity contribution is 5.24. The molecule has 6 atom stereocenters. The van der Waals surface area contributed by atoms with Gasteiger partial charge in [0.15, 0.2) is 0 Å². The van der Waals surface area contributed by atoms with Crippen LogP contribution in [-0.4, -0.2) is 10.7 Å². The van der Waals surface area contributed by atoms with E-state index >= 15 is 0 Å². The van der Waals surface area contributed by atoms with Crippen molar-refractivity contribution in [2.24, 2.45) is 29.6 Å². The lowest BCUT2D eigenvalue weighted by Gasteiger charge is -2.61. The second-order valence-electron chi connectivity index (χ2n) is 5.98. The van der Waals surface area contributed by atoms with Gasteiger partial charge in [-0.1, -0.05) is 19.1 Å². The zero-order valence-corrected chi connectivity index (χ0v) is 9.16. The van der Waals surface area contributed by atoms with E-state index in [1.54, 1.807) is 0 Å². The Bertz CT molecular complexity index is 292. The molecule has 1 heteroatoms. The summed E-state index contributed by atoms with van der Waals surface area (Å²) in [7, 11) is 0. The van der Waals surface area contributed by atoms with Crippen LogP contribution in [0.15, 0.2) is 12.2 Å². The molecule has 4 aliphatic rings. The van der Waals surface area contributed by atoms with E-state index in [2.05, 4.69) is 13.5 Å². The molecule has 0 aromatic carbocycles. The van der Waals surface area contributed by atoms with Crippen molar-refractivity contribution in [2.45, 2.75) is 38.7 Å². The largest absolute Gasteiger partial charge is 0.389 e. The predicted molar refractivity (Wildman–Crippen MR) is 56.7 cm³/mol. The maximum absolute atomic E-state index is 10.6. The van der Waals surface area contributed by atoms with Crippen LogP contribution in [0.2, 0.25) is 0 Å². The van der Waals surface area contributed by atoms with Crippen molar-refractivity contribution in [2.75, 3.05) is 0 Å². The summed E-state index contributed by atoms with van der Waals surface area (Å²) in [6.07, 6.45) is 3.74. The van der Waals surface area contributed by atoms with Crippen LogP contribution in [0.5, 0.6) is 0 Å². The van der Waals surface area contributed by atoms with Crippen LogP contribution < -0.4 is 0 Å². The van der Waals surface area contributed by atoms with Gasteiger partial charge in [0, 0.05) is 5.92 Å². The van der Waals surface area contributed by atoms with Crippen molar-refractivity contribution >= 4 is 0 Å². The fourth-order valence-corrected chi connectivity index (χ4v) is 4.52. The van der Waals surface area contributed by atoms with Crippen LogP contribution in [0.3, 0.4) is 0 Å². The van der Waals surface area contributed by atoms with Gasteiger partial charge in [0.25, 0.3) is 0 Å². The summed E-state index contributed by atoms with van der Waals surface area (Å²) in [5, 5.41) is 10.6. The number of rotatable bonds is 0. The quantitative estimate of drug-likeness (QED) is 0.585. The zero-order valence-electron chi connectivity index (χ0n) is 9.16. The fourth-order valence-electron chi connectivity index (χ4n) is 4.52. The topological polar surface area (TPSA) is 20.2 Å². The van der Waals surface area contributed by atoms with E-state index in [1.807, 2.05) is 6.92 Å². The van der Waals surface area contributed by atoms with E-state index in [-0.39, 0.29) is 0 Å². The van der Waals surface area contributed by atoms with Gasteiger partial charge >= 0.3 is 0 Å². The van der Waals surface area contributed by atoms with Crippen LogP contribution in [0.4, 0.5) is 0 Å². The molecule has 4 fully saturated rings. The van der Waals surface area contributed by atoms with E-state index in [9.17, 15) is 5.11 Å². The molecule has 0 saturated heterocycles. The molecule has 4 saturated carbocycles. The molecular weight excluding hydrogens is 172 g/mol. The summed E-state index contributed by atoms with van der Waals surface area (Å²) in [5.74, 6) is 3.27. The highest BCUT2D eigenvalue weighted by Crippen LogP contribution is 2.62. The number of hydrogen-bond acceptors (Lipinski definition) is 1. The Labute approximate surface area is 86.2 Å². The average Bonchev–Trinajstić information content (AvgIpc) is 2.11. The van der Waals surface area contributed by atoms with Crippen molar-refractivity contribution in [1.29, 1.82) is 0 Å². The zero-order chi connectivity index (χ0) is 10.1. The first-order chi connectivity index (χ1) is 6.51. The average molecular weight is 192 g/mol. The molecular formula is C13H20O. The van der Waals surface area contributed by atoms with Crippen molar-refractivity contribution < 1.29 is 5.11 Å². The molecule has 0 amide bonds. The molecule has 1 nitrogen and oxygen atoms in total. The smallest absolute Gasteiger partial charge is 0.0715 e. The summed E-state index contributed by atoms with van der Waals surface area (Å²) in [6, 6.07) is 0. The third kappa shape index (κ3) is 0.850. The van der Waals surface area contributed by atoms with Crippen LogP contribution in [0.25, 0.3) is 0 Å². The SMILES string of the molecule is C=C1C2CC3CC1C(C)(O)C(C2)C3C. The summed E-state index contributed by atoms with van der Waals surface area (Å²) >= 11 is 0. The Hall–Kier alpha value is -0.300. The molecule has 0 aromatic rings. The van der Waals surface area contributed by atoms with Gasteiger partial charge < -0.3 is 5.11 Å². The van der Waals surface area contributed by atoms with Gasteiger partial charge in [0.2, 0.25) is 0 Å². The first kappa shape index (κ1) is 8.96. The molecule has 4 aliphatic carbocycles. The van der Waals surface area contributed by atoms with Gasteiger partial charge in [0.1, 0.15) is 0 Å². The standard InChI is InChI=1S/C13H20O/c1-7-9-4-10-6-11(7)13(3,14)12(5-9)8(10)2/h8-12,14H,1,4-6H2,2-3H3. The molecule has 0 radical (unpaired) electrons. The molecule has 0 heterocycles. The Morgan fingerprint density at radius 3 is 2.79 bits per heavy atom. The third-order valence-electron chi connectivity index (χ3n) is 5.47. The molecule has 6 unspecified atom stereocenters. The van der Waals surface area contributed by atoms with Crippen molar-refractivity contribution in [3.8, 4) is 0 Å². The third-order valence-corrected chi connectivity index (χ3v) is 5.47. The first-order valence-electron chi connectivity index (χ1n) is 5.93. The van der Waals surface area contributed by atoms with E-state index in [4.69, 9.17) is 0 Å². The normalized spacial score (nSPS) is 60.8. The Kier molecular flexibility index (Phi) is 1.56. The molecule has 4 rings (SSSR count). The number of aliphatic hydroxyl groups is 1. The Balaban J connectivity index is 2.05. The van der Waals surface area contributed by atoms with E-state index in [0.717, 1.165) is 17.8 Å². The fraction of sp³-hybridized carbons (Fsp3) is 0.846. The maximum atomic E-state index is 10.6. The highest BCUT2D eigenvalue weighted by Gasteiger charge is 2.58. The first-order valence-corrected chi connectivity index (χ1v) is 5.93. The minimum absolute atomic E-state index is 0.404. The van der Waals surface area contributed by atoms with Gasteiger partial charge in [0.05, 0.1) is 5.60 Å². The van der Waals surface area contributed by atoms with E-state index in [1.165, 1.54) is 24.8 Å². The molecule has 0 aromatic heterocycles. The predicted octanol–water partition coefficient (Wildman–Crippen LogP) is 2.61. The second-order valence-corrected chi connectivity index (χ2v) is 5.98. The second kappa shape index (κ2) is 2.44. The van der Waals surface area contributed by atoms with E-state index < -0.39 is 5.60 Å². The highest BCUT2D eigenvalue weighted by atomic mass is 16.3. The summed E-state index contributed by atoms with van der Waals surface area (Å²) < 4.78 is 0. The van der Waals surface area contributed by atoms with Crippen molar-refractivity contribution in [3.63, 3.8) is 0 Å². The lowest BCUT2D eigenvalue weighted by Crippen LogP contribution is -2.60. The van der Waals surface area contributed by atoms with Crippen molar-refractivity contribution in [1.82, 2.24) is 0 Å². The van der Waals surface area contributed by atoms with Crippen LogP contribution in [-0.2, 0) is 0 Å². The molecule has 14 heavy (non-hydrogen) atoms. The number of hydrogen-bond donors (Lipinski definition) is 1. The lowest BCUT2D eigenvalue weighted by atomic mass is 9.45. The Morgan fingerprint density at radius 2 is 2.07 bits per heavy atom. The van der Waals surface area contributed by atoms with Crippen LogP contribution in [0, 0.1) is 29.6 Å². The summed E-state index contributed by atoms with van der Waals surface area (Å²) in [6.45, 7) is 8.60. The summed E-state index contributed by atoms with van der Waals surface area (Å²) in [5.41, 5.74) is 0.901. The molecule has 0 aliphatic heterocycles. The van der Waals surface area contributed by atoms with Crippen molar-refractivity contribution in [3.05, 3.63) is 12.2 Å². The van der Waals surface area contributed by atoms with Gasteiger partial charge in [-0.15, -0.1) is 0 Å². The van der Waals surface area contributed by atoms with E-state index in [0.29, 0.717) is 11.8 Å². The molecule has 4 bridgehead atoms. The van der Waals surface area contributed by atoms with Gasteiger partial charge in [-0.3, -0.25) is 0 Å². The van der Waals surface area contributed by atoms with Gasteiger partial charge in [-0.05, 0) is 49.9 Å². The van der Waals surface area contributed by atoms with Crippen LogP contribution in [0.1, 0.15) is 33.1 Å².